The number of hydrogen-bond donors (Lipinski definition) is 1. The largest absolute Gasteiger partial charge is 0.398 e. The standard InChI is InChI=1S/C14H17N3S/c1-8-5-6-13(12(15)7-8)18-14-16-10(3)9(2)11(4)17-14/h5-7H,15H2,1-4H3. The summed E-state index contributed by atoms with van der Waals surface area (Å²) in [6, 6.07) is 6.03. The summed E-state index contributed by atoms with van der Waals surface area (Å²) in [5, 5.41) is 0.756. The van der Waals surface area contributed by atoms with Crippen LogP contribution in [0.2, 0.25) is 0 Å². The lowest BCUT2D eigenvalue weighted by Gasteiger charge is -2.08. The lowest BCUT2D eigenvalue weighted by atomic mass is 10.2. The molecule has 0 aliphatic rings. The summed E-state index contributed by atoms with van der Waals surface area (Å²) in [4.78, 5) is 9.98. The van der Waals surface area contributed by atoms with Crippen molar-refractivity contribution in [3.05, 3.63) is 40.7 Å². The molecule has 0 fully saturated rings. The molecule has 1 aromatic carbocycles. The van der Waals surface area contributed by atoms with Crippen LogP contribution < -0.4 is 5.73 Å². The fourth-order valence-electron chi connectivity index (χ4n) is 1.65. The molecule has 0 saturated heterocycles. The first-order valence-corrected chi connectivity index (χ1v) is 6.65. The highest BCUT2D eigenvalue weighted by molar-refractivity contribution is 7.99. The van der Waals surface area contributed by atoms with Gasteiger partial charge in [-0.05, 0) is 62.7 Å². The zero-order valence-electron chi connectivity index (χ0n) is 11.1. The Morgan fingerprint density at radius 3 is 2.17 bits per heavy atom. The van der Waals surface area contributed by atoms with Crippen LogP contribution in [-0.2, 0) is 0 Å². The van der Waals surface area contributed by atoms with Crippen LogP contribution in [0, 0.1) is 27.7 Å². The fourth-order valence-corrected chi connectivity index (χ4v) is 2.52. The Bertz CT molecular complexity index is 571. The zero-order chi connectivity index (χ0) is 13.3. The molecule has 18 heavy (non-hydrogen) atoms. The van der Waals surface area contributed by atoms with Gasteiger partial charge >= 0.3 is 0 Å². The molecule has 94 valence electrons. The van der Waals surface area contributed by atoms with E-state index in [9.17, 15) is 0 Å². The average Bonchev–Trinajstić information content (AvgIpc) is 2.29. The van der Waals surface area contributed by atoms with E-state index in [0.717, 1.165) is 38.3 Å². The van der Waals surface area contributed by atoms with E-state index in [-0.39, 0.29) is 0 Å². The van der Waals surface area contributed by atoms with E-state index in [2.05, 4.69) is 9.97 Å². The molecule has 0 radical (unpaired) electrons. The normalized spacial score (nSPS) is 10.7. The van der Waals surface area contributed by atoms with Gasteiger partial charge in [0.05, 0.1) is 0 Å². The molecule has 0 saturated carbocycles. The van der Waals surface area contributed by atoms with Crippen LogP contribution in [0.3, 0.4) is 0 Å². The molecule has 0 atom stereocenters. The molecule has 4 heteroatoms. The molecule has 0 bridgehead atoms. The molecule has 3 nitrogen and oxygen atoms in total. The quantitative estimate of drug-likeness (QED) is 0.663. The molecule has 0 aliphatic carbocycles. The lowest BCUT2D eigenvalue weighted by Crippen LogP contribution is -1.98. The first kappa shape index (κ1) is 12.9. The number of nitrogens with two attached hydrogens (primary N) is 1. The topological polar surface area (TPSA) is 51.8 Å². The molecule has 0 unspecified atom stereocenters. The summed E-state index contributed by atoms with van der Waals surface area (Å²) >= 11 is 1.51. The molecule has 1 aromatic heterocycles. The molecule has 2 rings (SSSR count). The highest BCUT2D eigenvalue weighted by Gasteiger charge is 2.08. The Balaban J connectivity index is 2.34. The summed E-state index contributed by atoms with van der Waals surface area (Å²) in [5.41, 5.74) is 11.1. The maximum absolute atomic E-state index is 6.00. The fraction of sp³-hybridized carbons (Fsp3) is 0.286. The maximum atomic E-state index is 6.00. The van der Waals surface area contributed by atoms with Crippen molar-refractivity contribution < 1.29 is 0 Å². The molecular weight excluding hydrogens is 242 g/mol. The van der Waals surface area contributed by atoms with Gasteiger partial charge < -0.3 is 5.73 Å². The number of hydrogen-bond acceptors (Lipinski definition) is 4. The van der Waals surface area contributed by atoms with E-state index in [1.165, 1.54) is 11.8 Å². The minimum Gasteiger partial charge on any atom is -0.398 e. The minimum absolute atomic E-state index is 0.756. The van der Waals surface area contributed by atoms with E-state index >= 15 is 0 Å². The van der Waals surface area contributed by atoms with Crippen LogP contribution >= 0.6 is 11.8 Å². The number of aryl methyl sites for hydroxylation is 3. The third-order valence-electron chi connectivity index (χ3n) is 2.98. The molecule has 2 N–H and O–H groups in total. The summed E-state index contributed by atoms with van der Waals surface area (Å²) in [6.07, 6.45) is 0. The Kier molecular flexibility index (Phi) is 3.57. The van der Waals surface area contributed by atoms with Gasteiger partial charge in [0.1, 0.15) is 0 Å². The molecule has 1 heterocycles. The number of nitrogens with zero attached hydrogens (tertiary/aromatic N) is 2. The van der Waals surface area contributed by atoms with Crippen molar-refractivity contribution in [1.82, 2.24) is 9.97 Å². The maximum Gasteiger partial charge on any atom is 0.192 e. The predicted molar refractivity (Wildman–Crippen MR) is 76.0 cm³/mol. The van der Waals surface area contributed by atoms with Gasteiger partial charge in [0, 0.05) is 22.0 Å². The van der Waals surface area contributed by atoms with Crippen LogP contribution in [0.5, 0.6) is 0 Å². The van der Waals surface area contributed by atoms with E-state index in [0.29, 0.717) is 0 Å². The zero-order valence-corrected chi connectivity index (χ0v) is 11.9. The van der Waals surface area contributed by atoms with Crippen molar-refractivity contribution in [1.29, 1.82) is 0 Å². The van der Waals surface area contributed by atoms with E-state index < -0.39 is 0 Å². The molecule has 0 amide bonds. The monoisotopic (exact) mass is 259 g/mol. The Morgan fingerprint density at radius 2 is 1.61 bits per heavy atom. The van der Waals surface area contributed by atoms with Crippen LogP contribution in [0.25, 0.3) is 0 Å². The number of rotatable bonds is 2. The molecule has 0 spiro atoms. The van der Waals surface area contributed by atoms with Crippen molar-refractivity contribution in [2.75, 3.05) is 5.73 Å². The third kappa shape index (κ3) is 2.64. The van der Waals surface area contributed by atoms with Crippen LogP contribution in [0.1, 0.15) is 22.5 Å². The summed E-state index contributed by atoms with van der Waals surface area (Å²) < 4.78 is 0. The van der Waals surface area contributed by atoms with Crippen LogP contribution in [0.15, 0.2) is 28.3 Å². The van der Waals surface area contributed by atoms with Gasteiger partial charge in [0.2, 0.25) is 0 Å². The number of nitrogen functional groups attached to an aromatic ring is 1. The van der Waals surface area contributed by atoms with E-state index in [1.807, 2.05) is 45.9 Å². The molecule has 0 aliphatic heterocycles. The van der Waals surface area contributed by atoms with Gasteiger partial charge in [-0.15, -0.1) is 0 Å². The second-order valence-electron chi connectivity index (χ2n) is 4.45. The number of anilines is 1. The first-order valence-electron chi connectivity index (χ1n) is 5.83. The van der Waals surface area contributed by atoms with Crippen LogP contribution in [0.4, 0.5) is 5.69 Å². The second-order valence-corrected chi connectivity index (χ2v) is 5.45. The second kappa shape index (κ2) is 4.98. The van der Waals surface area contributed by atoms with Crippen molar-refractivity contribution in [3.8, 4) is 0 Å². The number of aromatic nitrogens is 2. The van der Waals surface area contributed by atoms with Crippen molar-refractivity contribution in [2.45, 2.75) is 37.7 Å². The van der Waals surface area contributed by atoms with Crippen molar-refractivity contribution >= 4 is 17.4 Å². The third-order valence-corrected chi connectivity index (χ3v) is 3.94. The van der Waals surface area contributed by atoms with Gasteiger partial charge in [0.25, 0.3) is 0 Å². The van der Waals surface area contributed by atoms with Gasteiger partial charge in [-0.3, -0.25) is 0 Å². The molecular formula is C14H17N3S. The van der Waals surface area contributed by atoms with Gasteiger partial charge in [-0.2, -0.15) is 0 Å². The highest BCUT2D eigenvalue weighted by Crippen LogP contribution is 2.31. The van der Waals surface area contributed by atoms with E-state index in [1.54, 1.807) is 0 Å². The Hall–Kier alpha value is -1.55. The smallest absolute Gasteiger partial charge is 0.192 e. The SMILES string of the molecule is Cc1ccc(Sc2nc(C)c(C)c(C)n2)c(N)c1. The lowest BCUT2D eigenvalue weighted by molar-refractivity contribution is 0.881. The molecule has 2 aromatic rings. The van der Waals surface area contributed by atoms with Crippen molar-refractivity contribution in [3.63, 3.8) is 0 Å². The highest BCUT2D eigenvalue weighted by atomic mass is 32.2. The summed E-state index contributed by atoms with van der Waals surface area (Å²) in [6.45, 7) is 8.08. The average molecular weight is 259 g/mol. The summed E-state index contributed by atoms with van der Waals surface area (Å²) in [7, 11) is 0. The van der Waals surface area contributed by atoms with Gasteiger partial charge in [0.15, 0.2) is 5.16 Å². The Morgan fingerprint density at radius 1 is 1.00 bits per heavy atom. The van der Waals surface area contributed by atoms with E-state index in [4.69, 9.17) is 5.73 Å². The predicted octanol–water partition coefficient (Wildman–Crippen LogP) is 3.44. The van der Waals surface area contributed by atoms with Gasteiger partial charge in [-0.25, -0.2) is 9.97 Å². The summed E-state index contributed by atoms with van der Waals surface area (Å²) in [5.74, 6) is 0. The Labute approximate surface area is 112 Å². The number of benzene rings is 1. The van der Waals surface area contributed by atoms with Gasteiger partial charge in [-0.1, -0.05) is 6.07 Å². The van der Waals surface area contributed by atoms with Crippen LogP contribution in [-0.4, -0.2) is 9.97 Å². The first-order chi connectivity index (χ1) is 8.47. The van der Waals surface area contributed by atoms with Crippen molar-refractivity contribution in [2.24, 2.45) is 0 Å². The minimum atomic E-state index is 0.756.